The lowest BCUT2D eigenvalue weighted by atomic mass is 9.93. The van der Waals surface area contributed by atoms with Gasteiger partial charge in [-0.2, -0.15) is 0 Å². The minimum absolute atomic E-state index is 1.10. The molecule has 11 rings (SSSR count). The van der Waals surface area contributed by atoms with Crippen LogP contribution in [0.3, 0.4) is 0 Å². The molecule has 0 aromatic heterocycles. The molecule has 11 aromatic carbocycles. The summed E-state index contributed by atoms with van der Waals surface area (Å²) in [6.45, 7) is 0. The molecule has 0 bridgehead atoms. The summed E-state index contributed by atoms with van der Waals surface area (Å²) in [5.41, 5.74) is 10.6. The number of hydrogen-bond donors (Lipinski definition) is 0. The van der Waals surface area contributed by atoms with Crippen LogP contribution in [0.4, 0.5) is 17.1 Å². The van der Waals surface area contributed by atoms with E-state index in [-0.39, 0.29) is 0 Å². The smallest absolute Gasteiger partial charge is 0.0540 e. The summed E-state index contributed by atoms with van der Waals surface area (Å²) in [6, 6.07) is 82.0. The lowest BCUT2D eigenvalue weighted by Gasteiger charge is -2.28. The van der Waals surface area contributed by atoms with Crippen molar-refractivity contribution < 1.29 is 0 Å². The van der Waals surface area contributed by atoms with E-state index < -0.39 is 0 Å². The van der Waals surface area contributed by atoms with Gasteiger partial charge in [-0.1, -0.05) is 194 Å². The van der Waals surface area contributed by atoms with Gasteiger partial charge >= 0.3 is 0 Å². The summed E-state index contributed by atoms with van der Waals surface area (Å²) in [4.78, 5) is 2.42. The average Bonchev–Trinajstić information content (AvgIpc) is 3.29. The Balaban J connectivity index is 1.07. The summed E-state index contributed by atoms with van der Waals surface area (Å²) in [7, 11) is 0. The van der Waals surface area contributed by atoms with Crippen LogP contribution < -0.4 is 4.90 Å². The third-order valence-corrected chi connectivity index (χ3v) is 11.7. The Morgan fingerprint density at radius 2 is 0.596 bits per heavy atom. The number of nitrogens with zero attached hydrogens (tertiary/aromatic N) is 1. The van der Waals surface area contributed by atoms with E-state index in [1.807, 2.05) is 0 Å². The molecule has 0 radical (unpaired) electrons. The minimum atomic E-state index is 1.10. The molecule has 266 valence electrons. The van der Waals surface area contributed by atoms with E-state index >= 15 is 0 Å². The second-order valence-electron chi connectivity index (χ2n) is 14.8. The van der Waals surface area contributed by atoms with E-state index in [4.69, 9.17) is 0 Å². The Bertz CT molecular complexity index is 3280. The molecule has 0 fully saturated rings. The van der Waals surface area contributed by atoms with Gasteiger partial charge in [-0.05, 0) is 112 Å². The molecular formula is C56H37N. The van der Waals surface area contributed by atoms with Gasteiger partial charge in [0.25, 0.3) is 0 Å². The summed E-state index contributed by atoms with van der Waals surface area (Å²) in [6.07, 6.45) is 0. The van der Waals surface area contributed by atoms with Crippen LogP contribution in [-0.2, 0) is 0 Å². The van der Waals surface area contributed by atoms with Gasteiger partial charge < -0.3 is 4.90 Å². The Kier molecular flexibility index (Phi) is 7.89. The maximum atomic E-state index is 2.42. The quantitative estimate of drug-likeness (QED) is 0.154. The van der Waals surface area contributed by atoms with E-state index in [2.05, 4.69) is 229 Å². The number of benzene rings is 11. The van der Waals surface area contributed by atoms with Gasteiger partial charge in [-0.25, -0.2) is 0 Å². The summed E-state index contributed by atoms with van der Waals surface area (Å²) >= 11 is 0. The molecule has 0 aliphatic rings. The van der Waals surface area contributed by atoms with Crippen LogP contribution >= 0.6 is 0 Å². The zero-order chi connectivity index (χ0) is 37.7. The molecule has 0 N–H and O–H groups in total. The van der Waals surface area contributed by atoms with Gasteiger partial charge in [0.1, 0.15) is 0 Å². The van der Waals surface area contributed by atoms with Crippen molar-refractivity contribution in [1.82, 2.24) is 0 Å². The van der Waals surface area contributed by atoms with E-state index in [1.54, 1.807) is 0 Å². The number of fused-ring (bicyclic) bond motifs is 7. The molecule has 1 heteroatoms. The molecule has 0 aliphatic heterocycles. The number of anilines is 3. The van der Waals surface area contributed by atoms with E-state index in [0.717, 1.165) is 17.1 Å². The Morgan fingerprint density at radius 1 is 0.211 bits per heavy atom. The second kappa shape index (κ2) is 13.7. The highest BCUT2D eigenvalue weighted by atomic mass is 15.1. The van der Waals surface area contributed by atoms with Gasteiger partial charge in [-0.3, -0.25) is 0 Å². The Morgan fingerprint density at radius 3 is 1.19 bits per heavy atom. The zero-order valence-corrected chi connectivity index (χ0v) is 31.3. The first-order valence-corrected chi connectivity index (χ1v) is 19.7. The van der Waals surface area contributed by atoms with Gasteiger partial charge in [0, 0.05) is 16.9 Å². The normalized spacial score (nSPS) is 11.5. The van der Waals surface area contributed by atoms with Crippen LogP contribution in [-0.4, -0.2) is 0 Å². The fourth-order valence-electron chi connectivity index (χ4n) is 8.95. The maximum absolute atomic E-state index is 2.42. The molecule has 0 saturated heterocycles. The fraction of sp³-hybridized carbons (Fsp3) is 0. The monoisotopic (exact) mass is 723 g/mol. The number of rotatable bonds is 6. The van der Waals surface area contributed by atoms with Crippen LogP contribution in [0.15, 0.2) is 224 Å². The SMILES string of the molecule is c1ccc(N(c2ccc(-c3cccc4ccccc34)cc2)c2ccc(-c3cccc4c3ccc3ccccc34)cc2)c(-c2cccc3c2ccc2ccccc23)c1. The molecule has 0 heterocycles. The van der Waals surface area contributed by atoms with Crippen molar-refractivity contribution in [2.24, 2.45) is 0 Å². The molecule has 0 amide bonds. The molecule has 0 saturated carbocycles. The van der Waals surface area contributed by atoms with Gasteiger partial charge in [0.05, 0.1) is 5.69 Å². The van der Waals surface area contributed by atoms with Crippen molar-refractivity contribution in [2.45, 2.75) is 0 Å². The van der Waals surface area contributed by atoms with E-state index in [0.29, 0.717) is 0 Å². The van der Waals surface area contributed by atoms with Crippen molar-refractivity contribution in [3.63, 3.8) is 0 Å². The highest BCUT2D eigenvalue weighted by Gasteiger charge is 2.19. The fourth-order valence-corrected chi connectivity index (χ4v) is 8.95. The largest absolute Gasteiger partial charge is 0.310 e. The van der Waals surface area contributed by atoms with Crippen molar-refractivity contribution in [1.29, 1.82) is 0 Å². The van der Waals surface area contributed by atoms with Gasteiger partial charge in [-0.15, -0.1) is 0 Å². The van der Waals surface area contributed by atoms with Crippen LogP contribution in [0.1, 0.15) is 0 Å². The average molecular weight is 724 g/mol. The van der Waals surface area contributed by atoms with Gasteiger partial charge in [0.15, 0.2) is 0 Å². The lowest BCUT2D eigenvalue weighted by molar-refractivity contribution is 1.28. The molecule has 1 nitrogen and oxygen atoms in total. The molecule has 57 heavy (non-hydrogen) atoms. The predicted molar refractivity (Wildman–Crippen MR) is 245 cm³/mol. The highest BCUT2D eigenvalue weighted by molar-refractivity contribution is 6.14. The lowest BCUT2D eigenvalue weighted by Crippen LogP contribution is -2.11. The standard InChI is InChI=1S/C56H37N/c1-4-16-45-38(12-1)15-9-20-46(45)41-26-32-43(33-27-41)57(44-34-28-42(29-35-44)49-21-10-22-50-47-17-5-2-13-39(47)30-36-53(49)50)56-25-8-7-19-55(56)52-24-11-23-51-48-18-6-3-14-40(48)31-37-54(51)52/h1-37H. The first-order chi connectivity index (χ1) is 28.3. The van der Waals surface area contributed by atoms with Crippen LogP contribution in [0.2, 0.25) is 0 Å². The first kappa shape index (κ1) is 32.9. The first-order valence-electron chi connectivity index (χ1n) is 19.7. The van der Waals surface area contributed by atoms with Gasteiger partial charge in [0.2, 0.25) is 0 Å². The summed E-state index contributed by atoms with van der Waals surface area (Å²) < 4.78 is 0. The highest BCUT2D eigenvalue weighted by Crippen LogP contribution is 2.45. The predicted octanol–water partition coefficient (Wildman–Crippen LogP) is 15.9. The molecule has 0 aliphatic carbocycles. The summed E-state index contributed by atoms with van der Waals surface area (Å²) in [5, 5.41) is 12.6. The molecular weight excluding hydrogens is 687 g/mol. The Hall–Kier alpha value is -7.48. The molecule has 0 unspecified atom stereocenters. The van der Waals surface area contributed by atoms with Crippen LogP contribution in [0, 0.1) is 0 Å². The van der Waals surface area contributed by atoms with Crippen molar-refractivity contribution in [3.8, 4) is 33.4 Å². The Labute approximate surface area is 332 Å². The number of hydrogen-bond acceptors (Lipinski definition) is 1. The van der Waals surface area contributed by atoms with E-state index in [9.17, 15) is 0 Å². The van der Waals surface area contributed by atoms with Crippen LogP contribution in [0.25, 0.3) is 87.2 Å². The second-order valence-corrected chi connectivity index (χ2v) is 14.8. The van der Waals surface area contributed by atoms with Crippen LogP contribution in [0.5, 0.6) is 0 Å². The van der Waals surface area contributed by atoms with Crippen molar-refractivity contribution in [3.05, 3.63) is 224 Å². The minimum Gasteiger partial charge on any atom is -0.310 e. The summed E-state index contributed by atoms with van der Waals surface area (Å²) in [5.74, 6) is 0. The van der Waals surface area contributed by atoms with E-state index in [1.165, 1.54) is 87.2 Å². The third-order valence-electron chi connectivity index (χ3n) is 11.7. The molecule has 0 atom stereocenters. The van der Waals surface area contributed by atoms with Crippen molar-refractivity contribution in [2.75, 3.05) is 4.90 Å². The third kappa shape index (κ3) is 5.63. The van der Waals surface area contributed by atoms with Crippen molar-refractivity contribution >= 4 is 70.9 Å². The number of para-hydroxylation sites is 1. The maximum Gasteiger partial charge on any atom is 0.0540 e. The topological polar surface area (TPSA) is 3.24 Å². The molecule has 11 aromatic rings. The molecule has 0 spiro atoms. The zero-order valence-electron chi connectivity index (χ0n) is 31.3.